The number of nitrogens with two attached hydrogens (primary N) is 1. The zero-order valence-corrected chi connectivity index (χ0v) is 14.5. The van der Waals surface area contributed by atoms with E-state index in [1.807, 2.05) is 27.7 Å². The highest BCUT2D eigenvalue weighted by molar-refractivity contribution is 6.55. The van der Waals surface area contributed by atoms with Crippen LogP contribution in [0.4, 0.5) is 13.2 Å². The van der Waals surface area contributed by atoms with Crippen LogP contribution in [0.5, 0.6) is 11.5 Å². The van der Waals surface area contributed by atoms with E-state index < -0.39 is 30.4 Å². The molecule has 5 nitrogen and oxygen atoms in total. The summed E-state index contributed by atoms with van der Waals surface area (Å²) in [6, 6.07) is 3.30. The molecule has 1 aliphatic rings. The molecule has 1 saturated heterocycles. The Morgan fingerprint density at radius 2 is 1.80 bits per heavy atom. The molecule has 1 heterocycles. The molecule has 0 amide bonds. The Bertz CT molecular complexity index is 658. The molecule has 25 heavy (non-hydrogen) atoms. The van der Waals surface area contributed by atoms with Crippen molar-refractivity contribution in [3.8, 4) is 11.5 Å². The topological polar surface area (TPSA) is 73.9 Å². The number of phenols is 1. The normalized spacial score (nSPS) is 20.0. The van der Waals surface area contributed by atoms with Gasteiger partial charge in [0.1, 0.15) is 11.5 Å². The van der Waals surface area contributed by atoms with Crippen molar-refractivity contribution in [2.75, 3.05) is 6.54 Å². The van der Waals surface area contributed by atoms with Gasteiger partial charge in [0.2, 0.25) is 0 Å². The molecule has 9 heteroatoms. The van der Waals surface area contributed by atoms with E-state index in [1.165, 1.54) is 12.1 Å². The van der Waals surface area contributed by atoms with E-state index in [4.69, 9.17) is 15.0 Å². The fraction of sp³-hybridized carbons (Fsp3) is 0.500. The Labute approximate surface area is 144 Å². The third-order valence-electron chi connectivity index (χ3n) is 4.37. The van der Waals surface area contributed by atoms with E-state index >= 15 is 0 Å². The highest BCUT2D eigenvalue weighted by Gasteiger charge is 2.52. The minimum Gasteiger partial charge on any atom is -0.507 e. The maximum Gasteiger partial charge on any atom is 0.573 e. The lowest BCUT2D eigenvalue weighted by Crippen LogP contribution is -2.41. The first-order valence-corrected chi connectivity index (χ1v) is 7.69. The molecule has 1 aromatic carbocycles. The van der Waals surface area contributed by atoms with Crippen LogP contribution in [0.1, 0.15) is 33.3 Å². The van der Waals surface area contributed by atoms with Crippen LogP contribution in [0.3, 0.4) is 0 Å². The standard InChI is InChI=1S/C16H21BF3NO4/c1-14(2)15(3,4)25-17(24-14)11(9-21)7-10-5-6-12(8-13(10)22)23-16(18,19)20/h5-8,22H,9,21H2,1-4H3. The maximum atomic E-state index is 12.2. The molecule has 0 radical (unpaired) electrons. The summed E-state index contributed by atoms with van der Waals surface area (Å²) in [5, 5.41) is 9.97. The number of benzene rings is 1. The van der Waals surface area contributed by atoms with Crippen molar-refractivity contribution in [2.24, 2.45) is 5.73 Å². The molecule has 0 aromatic heterocycles. The van der Waals surface area contributed by atoms with E-state index in [-0.39, 0.29) is 17.9 Å². The number of rotatable bonds is 4. The number of hydrogen-bond acceptors (Lipinski definition) is 5. The highest BCUT2D eigenvalue weighted by atomic mass is 19.4. The molecule has 0 bridgehead atoms. The zero-order valence-electron chi connectivity index (χ0n) is 14.5. The van der Waals surface area contributed by atoms with Crippen LogP contribution < -0.4 is 10.5 Å². The largest absolute Gasteiger partial charge is 0.573 e. The summed E-state index contributed by atoms with van der Waals surface area (Å²) in [5.41, 5.74) is 5.48. The average molecular weight is 359 g/mol. The molecule has 0 unspecified atom stereocenters. The van der Waals surface area contributed by atoms with Crippen LogP contribution in [-0.4, -0.2) is 36.3 Å². The zero-order chi connectivity index (χ0) is 19.0. The van der Waals surface area contributed by atoms with E-state index in [0.717, 1.165) is 12.1 Å². The second kappa shape index (κ2) is 6.55. The Kier molecular flexibility index (Phi) is 5.14. The molecule has 0 aliphatic carbocycles. The van der Waals surface area contributed by atoms with E-state index in [0.29, 0.717) is 5.47 Å². The molecule has 1 aliphatic heterocycles. The van der Waals surface area contributed by atoms with E-state index in [9.17, 15) is 18.3 Å². The monoisotopic (exact) mass is 359 g/mol. The number of alkyl halides is 3. The molecule has 0 spiro atoms. The van der Waals surface area contributed by atoms with Crippen molar-refractivity contribution in [3.63, 3.8) is 0 Å². The van der Waals surface area contributed by atoms with Crippen LogP contribution in [0, 0.1) is 0 Å². The first-order chi connectivity index (χ1) is 11.3. The molecule has 2 rings (SSSR count). The van der Waals surface area contributed by atoms with E-state index in [1.54, 1.807) is 0 Å². The molecule has 3 N–H and O–H groups in total. The highest BCUT2D eigenvalue weighted by Crippen LogP contribution is 2.39. The summed E-state index contributed by atoms with van der Waals surface area (Å²) < 4.78 is 52.2. The van der Waals surface area contributed by atoms with Gasteiger partial charge in [-0.25, -0.2) is 0 Å². The van der Waals surface area contributed by atoms with Gasteiger partial charge in [0, 0.05) is 18.2 Å². The van der Waals surface area contributed by atoms with Gasteiger partial charge in [-0.05, 0) is 45.3 Å². The van der Waals surface area contributed by atoms with Crippen molar-refractivity contribution in [1.82, 2.24) is 0 Å². The van der Waals surface area contributed by atoms with Gasteiger partial charge in [-0.3, -0.25) is 0 Å². The quantitative estimate of drug-likeness (QED) is 0.808. The molecule has 1 aromatic rings. The van der Waals surface area contributed by atoms with Crippen LogP contribution in [0.15, 0.2) is 23.7 Å². The summed E-state index contributed by atoms with van der Waals surface area (Å²) in [6.07, 6.45) is -3.29. The lowest BCUT2D eigenvalue weighted by molar-refractivity contribution is -0.274. The van der Waals surface area contributed by atoms with Gasteiger partial charge in [-0.1, -0.05) is 6.08 Å². The van der Waals surface area contributed by atoms with Gasteiger partial charge in [-0.15, -0.1) is 13.2 Å². The Hall–Kier alpha value is -1.71. The van der Waals surface area contributed by atoms with Crippen molar-refractivity contribution in [1.29, 1.82) is 0 Å². The SMILES string of the molecule is CC1(C)OB(C(=Cc2ccc(OC(F)(F)F)cc2O)CN)OC1(C)C. The summed E-state index contributed by atoms with van der Waals surface area (Å²) in [7, 11) is -0.708. The second-order valence-electron chi connectivity index (χ2n) is 6.78. The third-order valence-corrected chi connectivity index (χ3v) is 4.37. The van der Waals surface area contributed by atoms with Crippen LogP contribution in [0.2, 0.25) is 0 Å². The number of hydrogen-bond donors (Lipinski definition) is 2. The Morgan fingerprint density at radius 1 is 1.24 bits per heavy atom. The van der Waals surface area contributed by atoms with Crippen LogP contribution in [-0.2, 0) is 9.31 Å². The predicted molar refractivity (Wildman–Crippen MR) is 87.9 cm³/mol. The number of ether oxygens (including phenoxy) is 1. The summed E-state index contributed by atoms with van der Waals surface area (Å²) in [5.74, 6) is -0.878. The molecule has 1 fully saturated rings. The first-order valence-electron chi connectivity index (χ1n) is 7.69. The molecule has 0 atom stereocenters. The second-order valence-corrected chi connectivity index (χ2v) is 6.78. The summed E-state index contributed by atoms with van der Waals surface area (Å²) in [6.45, 7) is 7.66. The van der Waals surface area contributed by atoms with Gasteiger partial charge in [0.25, 0.3) is 0 Å². The lowest BCUT2D eigenvalue weighted by atomic mass is 9.77. The van der Waals surface area contributed by atoms with Crippen LogP contribution >= 0.6 is 0 Å². The smallest absolute Gasteiger partial charge is 0.507 e. The minimum absolute atomic E-state index is 0.0943. The molecular formula is C16H21BF3NO4. The maximum absolute atomic E-state index is 12.2. The minimum atomic E-state index is -4.82. The van der Waals surface area contributed by atoms with Gasteiger partial charge in [0.05, 0.1) is 11.2 Å². The summed E-state index contributed by atoms with van der Waals surface area (Å²) in [4.78, 5) is 0. The average Bonchev–Trinajstić information content (AvgIpc) is 2.64. The fourth-order valence-corrected chi connectivity index (χ4v) is 2.26. The number of halogens is 3. The number of aromatic hydroxyl groups is 1. The van der Waals surface area contributed by atoms with Crippen LogP contribution in [0.25, 0.3) is 6.08 Å². The summed E-state index contributed by atoms with van der Waals surface area (Å²) >= 11 is 0. The van der Waals surface area contributed by atoms with Crippen molar-refractivity contribution < 1.29 is 32.3 Å². The number of phenolic OH excluding ortho intramolecular Hbond substituents is 1. The molecule has 138 valence electrons. The van der Waals surface area contributed by atoms with Gasteiger partial charge >= 0.3 is 13.5 Å². The Balaban J connectivity index is 2.26. The van der Waals surface area contributed by atoms with Crippen molar-refractivity contribution in [2.45, 2.75) is 45.3 Å². The first kappa shape index (κ1) is 19.6. The van der Waals surface area contributed by atoms with Gasteiger partial charge in [-0.2, -0.15) is 0 Å². The lowest BCUT2D eigenvalue weighted by Gasteiger charge is -2.32. The van der Waals surface area contributed by atoms with Gasteiger partial charge < -0.3 is 24.9 Å². The van der Waals surface area contributed by atoms with Crippen molar-refractivity contribution in [3.05, 3.63) is 29.2 Å². The van der Waals surface area contributed by atoms with Crippen molar-refractivity contribution >= 4 is 13.2 Å². The molecule has 0 saturated carbocycles. The predicted octanol–water partition coefficient (Wildman–Crippen LogP) is 3.26. The van der Waals surface area contributed by atoms with Gasteiger partial charge in [0.15, 0.2) is 0 Å². The van der Waals surface area contributed by atoms with E-state index in [2.05, 4.69) is 4.74 Å². The Morgan fingerprint density at radius 3 is 2.24 bits per heavy atom. The molecular weight excluding hydrogens is 338 g/mol. The fourth-order valence-electron chi connectivity index (χ4n) is 2.26. The third kappa shape index (κ3) is 4.48.